The molecular weight excluding hydrogens is 346 g/mol. The Balaban J connectivity index is 1.95. The van der Waals surface area contributed by atoms with Crippen molar-refractivity contribution in [2.45, 2.75) is 11.8 Å². The SMILES string of the molecule is Cc1c(Cl)cccc1S(=O)(=O)Nc1cc(-c2ccccc2)ncn1. The van der Waals surface area contributed by atoms with Gasteiger partial charge in [0.15, 0.2) is 0 Å². The van der Waals surface area contributed by atoms with Gasteiger partial charge in [0.05, 0.1) is 10.6 Å². The van der Waals surface area contributed by atoms with Crippen LogP contribution < -0.4 is 4.72 Å². The number of hydrogen-bond acceptors (Lipinski definition) is 4. The molecule has 0 spiro atoms. The Morgan fingerprint density at radius 3 is 2.50 bits per heavy atom. The number of hydrogen-bond donors (Lipinski definition) is 1. The summed E-state index contributed by atoms with van der Waals surface area (Å²) in [5, 5.41) is 0.394. The molecule has 3 aromatic rings. The van der Waals surface area contributed by atoms with Crippen LogP contribution in [0.15, 0.2) is 65.8 Å². The zero-order chi connectivity index (χ0) is 17.2. The van der Waals surface area contributed by atoms with E-state index in [1.54, 1.807) is 25.1 Å². The molecule has 0 fully saturated rings. The molecule has 5 nitrogen and oxygen atoms in total. The van der Waals surface area contributed by atoms with Crippen molar-refractivity contribution in [1.82, 2.24) is 9.97 Å². The molecule has 1 aromatic heterocycles. The first-order chi connectivity index (χ1) is 11.5. The average molecular weight is 360 g/mol. The van der Waals surface area contributed by atoms with Crippen molar-refractivity contribution in [1.29, 1.82) is 0 Å². The van der Waals surface area contributed by atoms with Crippen molar-refractivity contribution in [3.8, 4) is 11.3 Å². The fourth-order valence-electron chi connectivity index (χ4n) is 2.25. The molecular formula is C17H14ClN3O2S. The van der Waals surface area contributed by atoms with Gasteiger partial charge in [-0.1, -0.05) is 48.0 Å². The van der Waals surface area contributed by atoms with E-state index < -0.39 is 10.0 Å². The molecule has 1 heterocycles. The Kier molecular flexibility index (Phi) is 4.51. The molecule has 0 bridgehead atoms. The van der Waals surface area contributed by atoms with Gasteiger partial charge in [0.2, 0.25) is 0 Å². The summed E-state index contributed by atoms with van der Waals surface area (Å²) in [6.07, 6.45) is 1.32. The highest BCUT2D eigenvalue weighted by molar-refractivity contribution is 7.92. The lowest BCUT2D eigenvalue weighted by Gasteiger charge is -2.11. The molecule has 0 aliphatic carbocycles. The van der Waals surface area contributed by atoms with E-state index in [2.05, 4.69) is 14.7 Å². The Labute approximate surface area is 145 Å². The van der Waals surface area contributed by atoms with Gasteiger partial charge in [-0.25, -0.2) is 18.4 Å². The van der Waals surface area contributed by atoms with Crippen LogP contribution in [0, 0.1) is 6.92 Å². The molecule has 24 heavy (non-hydrogen) atoms. The third-order valence-electron chi connectivity index (χ3n) is 3.48. The summed E-state index contributed by atoms with van der Waals surface area (Å²) in [5.41, 5.74) is 1.99. The maximum Gasteiger partial charge on any atom is 0.263 e. The van der Waals surface area contributed by atoms with Crippen molar-refractivity contribution in [2.75, 3.05) is 4.72 Å². The number of benzene rings is 2. The number of nitrogens with one attached hydrogen (secondary N) is 1. The van der Waals surface area contributed by atoms with Crippen LogP contribution in [0.4, 0.5) is 5.82 Å². The van der Waals surface area contributed by atoms with Crippen molar-refractivity contribution in [3.63, 3.8) is 0 Å². The van der Waals surface area contributed by atoms with E-state index in [9.17, 15) is 8.42 Å². The first-order valence-corrected chi connectivity index (χ1v) is 8.99. The summed E-state index contributed by atoms with van der Waals surface area (Å²) in [4.78, 5) is 8.29. The zero-order valence-electron chi connectivity index (χ0n) is 12.8. The van der Waals surface area contributed by atoms with Crippen LogP contribution in [0.25, 0.3) is 11.3 Å². The number of aromatic nitrogens is 2. The summed E-state index contributed by atoms with van der Waals surface area (Å²) in [7, 11) is -3.79. The third kappa shape index (κ3) is 3.39. The number of anilines is 1. The van der Waals surface area contributed by atoms with Gasteiger partial charge in [-0.15, -0.1) is 0 Å². The highest BCUT2D eigenvalue weighted by Crippen LogP contribution is 2.25. The first-order valence-electron chi connectivity index (χ1n) is 7.13. The third-order valence-corrected chi connectivity index (χ3v) is 5.39. The van der Waals surface area contributed by atoms with Crippen LogP contribution >= 0.6 is 11.6 Å². The summed E-state index contributed by atoms with van der Waals surface area (Å²) < 4.78 is 27.7. The van der Waals surface area contributed by atoms with Crippen molar-refractivity contribution in [3.05, 3.63) is 71.5 Å². The van der Waals surface area contributed by atoms with E-state index in [-0.39, 0.29) is 10.7 Å². The molecule has 0 atom stereocenters. The quantitative estimate of drug-likeness (QED) is 0.766. The Morgan fingerprint density at radius 1 is 1.00 bits per heavy atom. The molecule has 0 aliphatic rings. The van der Waals surface area contributed by atoms with E-state index in [4.69, 9.17) is 11.6 Å². The smallest absolute Gasteiger partial charge is 0.263 e. The molecule has 7 heteroatoms. The standard InChI is InChI=1S/C17H14ClN3O2S/c1-12-14(18)8-5-9-16(12)24(22,23)21-17-10-15(19-11-20-17)13-6-3-2-4-7-13/h2-11H,1H3,(H,19,20,21). The minimum atomic E-state index is -3.79. The van der Waals surface area contributed by atoms with Crippen LogP contribution in [0.2, 0.25) is 5.02 Å². The topological polar surface area (TPSA) is 72.0 Å². The van der Waals surface area contributed by atoms with E-state index in [0.29, 0.717) is 16.3 Å². The van der Waals surface area contributed by atoms with Crippen LogP contribution in [0.3, 0.4) is 0 Å². The van der Waals surface area contributed by atoms with Gasteiger partial charge >= 0.3 is 0 Å². The number of rotatable bonds is 4. The molecule has 0 unspecified atom stereocenters. The average Bonchev–Trinajstić information content (AvgIpc) is 2.58. The number of sulfonamides is 1. The Morgan fingerprint density at radius 2 is 1.75 bits per heavy atom. The van der Waals surface area contributed by atoms with Gasteiger partial charge in [0, 0.05) is 16.7 Å². The minimum absolute atomic E-state index is 0.120. The molecule has 0 saturated heterocycles. The fourth-order valence-corrected chi connectivity index (χ4v) is 3.75. The van der Waals surface area contributed by atoms with Crippen molar-refractivity contribution in [2.24, 2.45) is 0 Å². The maximum atomic E-state index is 12.6. The summed E-state index contributed by atoms with van der Waals surface area (Å²) in [5.74, 6) is 0.197. The van der Waals surface area contributed by atoms with Gasteiger partial charge in [-0.3, -0.25) is 4.72 Å². The highest BCUT2D eigenvalue weighted by Gasteiger charge is 2.19. The summed E-state index contributed by atoms with van der Waals surface area (Å²) >= 11 is 6.01. The largest absolute Gasteiger partial charge is 0.263 e. The van der Waals surface area contributed by atoms with Crippen LogP contribution in [0.1, 0.15) is 5.56 Å². The first kappa shape index (κ1) is 16.4. The second-order valence-corrected chi connectivity index (χ2v) is 7.18. The van der Waals surface area contributed by atoms with E-state index in [0.717, 1.165) is 5.56 Å². The summed E-state index contributed by atoms with van der Waals surface area (Å²) in [6.45, 7) is 1.66. The van der Waals surface area contributed by atoms with Crippen LogP contribution in [0.5, 0.6) is 0 Å². The Hall–Kier alpha value is -2.44. The fraction of sp³-hybridized carbons (Fsp3) is 0.0588. The monoisotopic (exact) mass is 359 g/mol. The van der Waals surface area contributed by atoms with Crippen LogP contribution in [-0.2, 0) is 10.0 Å². The number of halogens is 1. The predicted octanol–water partition coefficient (Wildman–Crippen LogP) is 3.91. The molecule has 0 amide bonds. The molecule has 2 aromatic carbocycles. The zero-order valence-corrected chi connectivity index (χ0v) is 14.3. The normalized spacial score (nSPS) is 11.2. The van der Waals surface area contributed by atoms with Gasteiger partial charge in [0.1, 0.15) is 12.1 Å². The van der Waals surface area contributed by atoms with Crippen molar-refractivity contribution >= 4 is 27.4 Å². The lowest BCUT2D eigenvalue weighted by Crippen LogP contribution is -2.15. The van der Waals surface area contributed by atoms with E-state index in [1.165, 1.54) is 12.4 Å². The van der Waals surface area contributed by atoms with Gasteiger partial charge in [-0.2, -0.15) is 0 Å². The minimum Gasteiger partial charge on any atom is -0.263 e. The predicted molar refractivity (Wildman–Crippen MR) is 94.5 cm³/mol. The molecule has 0 saturated carbocycles. The lowest BCUT2D eigenvalue weighted by molar-refractivity contribution is 0.600. The van der Waals surface area contributed by atoms with E-state index in [1.807, 2.05) is 30.3 Å². The molecule has 0 radical (unpaired) electrons. The van der Waals surface area contributed by atoms with Gasteiger partial charge in [0.25, 0.3) is 10.0 Å². The molecule has 0 aliphatic heterocycles. The highest BCUT2D eigenvalue weighted by atomic mass is 35.5. The van der Waals surface area contributed by atoms with Crippen LogP contribution in [-0.4, -0.2) is 18.4 Å². The van der Waals surface area contributed by atoms with E-state index >= 15 is 0 Å². The summed E-state index contributed by atoms with van der Waals surface area (Å²) in [6, 6.07) is 15.8. The second kappa shape index (κ2) is 6.59. The van der Waals surface area contributed by atoms with Gasteiger partial charge < -0.3 is 0 Å². The lowest BCUT2D eigenvalue weighted by atomic mass is 10.1. The second-order valence-electron chi connectivity index (χ2n) is 5.12. The molecule has 122 valence electrons. The molecule has 1 N–H and O–H groups in total. The number of nitrogens with zero attached hydrogens (tertiary/aromatic N) is 2. The van der Waals surface area contributed by atoms with Crippen molar-refractivity contribution < 1.29 is 8.42 Å². The van der Waals surface area contributed by atoms with Gasteiger partial charge in [-0.05, 0) is 24.6 Å². The Bertz CT molecular complexity index is 976. The maximum absolute atomic E-state index is 12.6. The molecule has 3 rings (SSSR count).